The van der Waals surface area contributed by atoms with Gasteiger partial charge in [0.05, 0.1) is 12.7 Å². The summed E-state index contributed by atoms with van der Waals surface area (Å²) in [5, 5.41) is 0. The Morgan fingerprint density at radius 2 is 2.15 bits per heavy atom. The summed E-state index contributed by atoms with van der Waals surface area (Å²) in [6.45, 7) is 12.6. The van der Waals surface area contributed by atoms with E-state index in [1.165, 1.54) is 6.42 Å². The zero-order valence-electron chi connectivity index (χ0n) is 13.8. The van der Waals surface area contributed by atoms with Crippen molar-refractivity contribution in [1.82, 2.24) is 4.90 Å². The molecule has 2 fully saturated rings. The lowest BCUT2D eigenvalue weighted by atomic mass is 9.46. The van der Waals surface area contributed by atoms with Crippen LogP contribution in [0, 0.1) is 11.3 Å². The first-order valence-corrected chi connectivity index (χ1v) is 8.02. The van der Waals surface area contributed by atoms with E-state index in [4.69, 9.17) is 15.2 Å². The molecule has 1 aliphatic carbocycles. The van der Waals surface area contributed by atoms with E-state index < -0.39 is 0 Å². The van der Waals surface area contributed by atoms with Gasteiger partial charge in [-0.25, -0.2) is 0 Å². The van der Waals surface area contributed by atoms with Gasteiger partial charge >= 0.3 is 0 Å². The van der Waals surface area contributed by atoms with Crippen molar-refractivity contribution in [3.63, 3.8) is 0 Å². The second kappa shape index (κ2) is 5.91. The molecule has 1 aliphatic heterocycles. The van der Waals surface area contributed by atoms with Gasteiger partial charge in [-0.2, -0.15) is 0 Å². The van der Waals surface area contributed by atoms with Crippen LogP contribution in [0.25, 0.3) is 0 Å². The van der Waals surface area contributed by atoms with E-state index in [2.05, 4.69) is 32.6 Å². The lowest BCUT2D eigenvalue weighted by Gasteiger charge is -2.67. The van der Waals surface area contributed by atoms with E-state index in [-0.39, 0.29) is 11.0 Å². The molecular weight excluding hydrogens is 252 g/mol. The summed E-state index contributed by atoms with van der Waals surface area (Å²) in [4.78, 5) is 2.45. The number of hydrogen-bond acceptors (Lipinski definition) is 4. The van der Waals surface area contributed by atoms with Crippen LogP contribution in [0.5, 0.6) is 0 Å². The quantitative estimate of drug-likeness (QED) is 0.809. The molecule has 0 radical (unpaired) electrons. The van der Waals surface area contributed by atoms with Crippen LogP contribution in [-0.2, 0) is 9.47 Å². The third kappa shape index (κ3) is 2.41. The lowest BCUT2D eigenvalue weighted by molar-refractivity contribution is -0.233. The van der Waals surface area contributed by atoms with Gasteiger partial charge in [-0.05, 0) is 26.3 Å². The molecule has 4 atom stereocenters. The van der Waals surface area contributed by atoms with E-state index in [9.17, 15) is 0 Å². The highest BCUT2D eigenvalue weighted by atomic mass is 16.5. The maximum absolute atomic E-state index is 6.88. The fourth-order valence-corrected chi connectivity index (χ4v) is 4.25. The molecule has 0 aromatic heterocycles. The van der Waals surface area contributed by atoms with Crippen molar-refractivity contribution < 1.29 is 9.47 Å². The summed E-state index contributed by atoms with van der Waals surface area (Å²) >= 11 is 0. The molecule has 4 heteroatoms. The Morgan fingerprint density at radius 3 is 2.75 bits per heavy atom. The highest BCUT2D eigenvalue weighted by Gasteiger charge is 2.66. The number of ether oxygens (including phenoxy) is 2. The van der Waals surface area contributed by atoms with Gasteiger partial charge in [0.15, 0.2) is 0 Å². The predicted molar refractivity (Wildman–Crippen MR) is 81.7 cm³/mol. The van der Waals surface area contributed by atoms with Gasteiger partial charge < -0.3 is 15.2 Å². The van der Waals surface area contributed by atoms with Crippen molar-refractivity contribution in [2.75, 3.05) is 33.4 Å². The van der Waals surface area contributed by atoms with Gasteiger partial charge in [0.1, 0.15) is 0 Å². The standard InChI is InChI=1S/C16H32N2O2/c1-6-18(12(2)10-19-5)11-16(17)13-8-7-9-20-14(13)15(16,3)4/h12-14H,6-11,17H2,1-5H3. The predicted octanol–water partition coefficient (Wildman–Crippen LogP) is 1.88. The fourth-order valence-electron chi connectivity index (χ4n) is 4.25. The molecule has 2 rings (SSSR count). The van der Waals surface area contributed by atoms with Gasteiger partial charge in [-0.3, -0.25) is 4.90 Å². The van der Waals surface area contributed by atoms with Crippen molar-refractivity contribution >= 4 is 0 Å². The number of hydrogen-bond donors (Lipinski definition) is 1. The normalized spacial score (nSPS) is 37.4. The topological polar surface area (TPSA) is 47.7 Å². The second-order valence-electron chi connectivity index (χ2n) is 7.17. The Bertz CT molecular complexity index is 334. The highest BCUT2D eigenvalue weighted by molar-refractivity contribution is 5.21. The molecule has 1 heterocycles. The van der Waals surface area contributed by atoms with Crippen molar-refractivity contribution in [1.29, 1.82) is 0 Å². The molecule has 0 bridgehead atoms. The van der Waals surface area contributed by atoms with Crippen molar-refractivity contribution in [2.45, 2.75) is 58.2 Å². The number of methoxy groups -OCH3 is 1. The van der Waals surface area contributed by atoms with E-state index in [0.717, 1.165) is 32.7 Å². The van der Waals surface area contributed by atoms with E-state index in [1.54, 1.807) is 7.11 Å². The Balaban J connectivity index is 2.09. The van der Waals surface area contributed by atoms with Crippen molar-refractivity contribution in [2.24, 2.45) is 17.1 Å². The Labute approximate surface area is 124 Å². The molecule has 0 amide bonds. The van der Waals surface area contributed by atoms with Crippen molar-refractivity contribution in [3.05, 3.63) is 0 Å². The summed E-state index contributed by atoms with van der Waals surface area (Å²) in [6, 6.07) is 0.407. The Kier molecular flexibility index (Phi) is 4.80. The molecular formula is C16H32N2O2. The van der Waals surface area contributed by atoms with Crippen LogP contribution in [0.1, 0.15) is 40.5 Å². The van der Waals surface area contributed by atoms with Gasteiger partial charge in [0.25, 0.3) is 0 Å². The van der Waals surface area contributed by atoms with Gasteiger partial charge in [0, 0.05) is 43.2 Å². The maximum Gasteiger partial charge on any atom is 0.0690 e. The first kappa shape index (κ1) is 16.2. The third-order valence-corrected chi connectivity index (χ3v) is 5.80. The Morgan fingerprint density at radius 1 is 1.45 bits per heavy atom. The molecule has 118 valence electrons. The molecule has 4 nitrogen and oxygen atoms in total. The number of nitrogens with zero attached hydrogens (tertiary/aromatic N) is 1. The zero-order chi connectivity index (χ0) is 15.0. The number of rotatable bonds is 6. The minimum Gasteiger partial charge on any atom is -0.383 e. The number of nitrogens with two attached hydrogens (primary N) is 1. The maximum atomic E-state index is 6.88. The third-order valence-electron chi connectivity index (χ3n) is 5.80. The number of fused-ring (bicyclic) bond motifs is 1. The molecule has 1 saturated heterocycles. The smallest absolute Gasteiger partial charge is 0.0690 e. The molecule has 1 saturated carbocycles. The summed E-state index contributed by atoms with van der Waals surface area (Å²) in [5.74, 6) is 0.509. The summed E-state index contributed by atoms with van der Waals surface area (Å²) in [6.07, 6.45) is 2.70. The molecule has 2 N–H and O–H groups in total. The molecule has 20 heavy (non-hydrogen) atoms. The summed E-state index contributed by atoms with van der Waals surface area (Å²) in [5.41, 5.74) is 6.79. The van der Waals surface area contributed by atoms with Gasteiger partial charge in [-0.1, -0.05) is 20.8 Å². The van der Waals surface area contributed by atoms with E-state index in [1.807, 2.05) is 0 Å². The number of likely N-dealkylation sites (N-methyl/N-ethyl adjacent to an activating group) is 1. The lowest BCUT2D eigenvalue weighted by Crippen LogP contribution is -2.80. The minimum atomic E-state index is -0.143. The molecule has 0 aromatic carbocycles. The monoisotopic (exact) mass is 284 g/mol. The summed E-state index contributed by atoms with van der Waals surface area (Å²) in [7, 11) is 1.76. The van der Waals surface area contributed by atoms with Gasteiger partial charge in [-0.15, -0.1) is 0 Å². The first-order valence-electron chi connectivity index (χ1n) is 8.02. The van der Waals surface area contributed by atoms with Crippen molar-refractivity contribution in [3.8, 4) is 0 Å². The van der Waals surface area contributed by atoms with Crippen LogP contribution < -0.4 is 5.73 Å². The fraction of sp³-hybridized carbons (Fsp3) is 1.00. The highest BCUT2D eigenvalue weighted by Crippen LogP contribution is 2.57. The molecule has 2 aliphatic rings. The molecule has 0 aromatic rings. The van der Waals surface area contributed by atoms with Crippen LogP contribution in [0.3, 0.4) is 0 Å². The second-order valence-corrected chi connectivity index (χ2v) is 7.17. The average Bonchev–Trinajstić information content (AvgIpc) is 2.44. The van der Waals surface area contributed by atoms with Crippen LogP contribution in [0.2, 0.25) is 0 Å². The SMILES string of the molecule is CCN(CC1(N)C2CCCOC2C1(C)C)C(C)COC. The van der Waals surface area contributed by atoms with E-state index >= 15 is 0 Å². The Hall–Kier alpha value is -0.160. The minimum absolute atomic E-state index is 0.0539. The largest absolute Gasteiger partial charge is 0.383 e. The molecule has 0 spiro atoms. The van der Waals surface area contributed by atoms with Crippen LogP contribution in [0.15, 0.2) is 0 Å². The zero-order valence-corrected chi connectivity index (χ0v) is 13.8. The molecule has 4 unspecified atom stereocenters. The average molecular weight is 284 g/mol. The van der Waals surface area contributed by atoms with Crippen LogP contribution in [0.4, 0.5) is 0 Å². The van der Waals surface area contributed by atoms with E-state index in [0.29, 0.717) is 18.1 Å². The summed E-state index contributed by atoms with van der Waals surface area (Å²) < 4.78 is 11.3. The van der Waals surface area contributed by atoms with Gasteiger partial charge in [0.2, 0.25) is 0 Å². The van der Waals surface area contributed by atoms with Crippen LogP contribution >= 0.6 is 0 Å². The van der Waals surface area contributed by atoms with Crippen LogP contribution in [-0.4, -0.2) is 56.0 Å². The first-order chi connectivity index (χ1) is 9.38.